The summed E-state index contributed by atoms with van der Waals surface area (Å²) in [4.78, 5) is 16.9. The molecule has 22 heavy (non-hydrogen) atoms. The Morgan fingerprint density at radius 1 is 1.23 bits per heavy atom. The highest BCUT2D eigenvalue weighted by Gasteiger charge is 2.26. The van der Waals surface area contributed by atoms with Gasteiger partial charge in [-0.15, -0.1) is 0 Å². The van der Waals surface area contributed by atoms with E-state index in [0.717, 1.165) is 71.4 Å². The third kappa shape index (κ3) is 5.52. The molecule has 1 amide bonds. The van der Waals surface area contributed by atoms with Gasteiger partial charge in [0.15, 0.2) is 0 Å². The van der Waals surface area contributed by atoms with Gasteiger partial charge in [-0.25, -0.2) is 0 Å². The van der Waals surface area contributed by atoms with Crippen molar-refractivity contribution in [2.45, 2.75) is 33.1 Å². The van der Waals surface area contributed by atoms with Crippen LogP contribution in [-0.2, 0) is 9.53 Å². The summed E-state index contributed by atoms with van der Waals surface area (Å²) in [7, 11) is 0. The van der Waals surface area contributed by atoms with Crippen molar-refractivity contribution in [1.29, 1.82) is 0 Å². The fourth-order valence-corrected chi connectivity index (χ4v) is 3.54. The van der Waals surface area contributed by atoms with E-state index in [1.54, 1.807) is 0 Å². The van der Waals surface area contributed by atoms with E-state index in [4.69, 9.17) is 4.74 Å². The molecule has 128 valence electrons. The Hall–Kier alpha value is -0.650. The van der Waals surface area contributed by atoms with Crippen molar-refractivity contribution in [2.75, 3.05) is 59.0 Å². The highest BCUT2D eigenvalue weighted by molar-refractivity contribution is 5.76. The molecule has 0 bridgehead atoms. The number of carbonyl (C=O) groups is 1. The summed E-state index contributed by atoms with van der Waals surface area (Å²) in [5.74, 6) is 1.60. The monoisotopic (exact) mass is 311 g/mol. The molecule has 0 radical (unpaired) electrons. The Balaban J connectivity index is 1.66. The molecule has 2 aliphatic rings. The predicted octanol–water partition coefficient (Wildman–Crippen LogP) is 1.19. The molecule has 1 atom stereocenters. The SMILES string of the molecule is CCOCCN1CCN(C(=O)CC(C)C2CCNCC2)CC1. The lowest BCUT2D eigenvalue weighted by molar-refractivity contribution is -0.134. The number of nitrogens with one attached hydrogen (secondary N) is 1. The van der Waals surface area contributed by atoms with Crippen molar-refractivity contribution in [1.82, 2.24) is 15.1 Å². The molecule has 0 saturated carbocycles. The van der Waals surface area contributed by atoms with Crippen molar-refractivity contribution in [3.63, 3.8) is 0 Å². The van der Waals surface area contributed by atoms with E-state index >= 15 is 0 Å². The standard InChI is InChI=1S/C17H33N3O2/c1-3-22-13-12-19-8-10-20(11-9-19)17(21)14-15(2)16-4-6-18-7-5-16/h15-16,18H,3-14H2,1-2H3. The molecule has 5 heteroatoms. The van der Waals surface area contributed by atoms with Crippen LogP contribution in [0.5, 0.6) is 0 Å². The quantitative estimate of drug-likeness (QED) is 0.718. The Bertz CT molecular complexity index is 324. The smallest absolute Gasteiger partial charge is 0.222 e. The van der Waals surface area contributed by atoms with E-state index in [0.29, 0.717) is 11.8 Å². The molecule has 1 unspecified atom stereocenters. The van der Waals surface area contributed by atoms with Crippen molar-refractivity contribution >= 4 is 5.91 Å². The number of piperazine rings is 1. The number of amides is 1. The summed E-state index contributed by atoms with van der Waals surface area (Å²) in [5.41, 5.74) is 0. The minimum absolute atomic E-state index is 0.357. The third-order valence-electron chi connectivity index (χ3n) is 5.17. The lowest BCUT2D eigenvalue weighted by atomic mass is 9.84. The molecule has 0 aromatic carbocycles. The number of carbonyl (C=O) groups excluding carboxylic acids is 1. The number of hydrogen-bond donors (Lipinski definition) is 1. The molecule has 0 aliphatic carbocycles. The first-order valence-electron chi connectivity index (χ1n) is 8.99. The van der Waals surface area contributed by atoms with Gasteiger partial charge in [0.2, 0.25) is 5.91 Å². The zero-order chi connectivity index (χ0) is 15.8. The van der Waals surface area contributed by atoms with E-state index in [-0.39, 0.29) is 0 Å². The van der Waals surface area contributed by atoms with Gasteiger partial charge < -0.3 is 15.0 Å². The van der Waals surface area contributed by atoms with Crippen LogP contribution in [0, 0.1) is 11.8 Å². The molecular weight excluding hydrogens is 278 g/mol. The maximum atomic E-state index is 12.5. The van der Waals surface area contributed by atoms with Gasteiger partial charge in [0, 0.05) is 45.8 Å². The number of rotatable bonds is 7. The van der Waals surface area contributed by atoms with Crippen molar-refractivity contribution in [2.24, 2.45) is 11.8 Å². The third-order valence-corrected chi connectivity index (χ3v) is 5.17. The minimum atomic E-state index is 0.357. The zero-order valence-corrected chi connectivity index (χ0v) is 14.4. The van der Waals surface area contributed by atoms with Gasteiger partial charge in [0.1, 0.15) is 0 Å². The van der Waals surface area contributed by atoms with Crippen LogP contribution >= 0.6 is 0 Å². The molecule has 2 fully saturated rings. The van der Waals surface area contributed by atoms with Gasteiger partial charge in [-0.05, 0) is 44.7 Å². The van der Waals surface area contributed by atoms with Gasteiger partial charge in [-0.3, -0.25) is 9.69 Å². The fraction of sp³-hybridized carbons (Fsp3) is 0.941. The van der Waals surface area contributed by atoms with Crippen molar-refractivity contribution < 1.29 is 9.53 Å². The maximum absolute atomic E-state index is 12.5. The fourth-order valence-electron chi connectivity index (χ4n) is 3.54. The molecule has 0 spiro atoms. The first-order valence-corrected chi connectivity index (χ1v) is 8.99. The lowest BCUT2D eigenvalue weighted by Gasteiger charge is -2.36. The topological polar surface area (TPSA) is 44.8 Å². The average Bonchev–Trinajstić information content (AvgIpc) is 2.56. The predicted molar refractivity (Wildman–Crippen MR) is 88.9 cm³/mol. The summed E-state index contributed by atoms with van der Waals surface area (Å²) in [6.45, 7) is 12.8. The highest BCUT2D eigenvalue weighted by atomic mass is 16.5. The second-order valence-electron chi connectivity index (χ2n) is 6.69. The van der Waals surface area contributed by atoms with Crippen LogP contribution in [-0.4, -0.2) is 74.7 Å². The second-order valence-corrected chi connectivity index (χ2v) is 6.69. The normalized spacial score (nSPS) is 22.7. The summed E-state index contributed by atoms with van der Waals surface area (Å²) in [5, 5.41) is 3.40. The van der Waals surface area contributed by atoms with Crippen LogP contribution in [0.1, 0.15) is 33.1 Å². The first kappa shape index (κ1) is 17.7. The lowest BCUT2D eigenvalue weighted by Crippen LogP contribution is -2.49. The molecule has 2 heterocycles. The largest absolute Gasteiger partial charge is 0.380 e. The Morgan fingerprint density at radius 3 is 2.55 bits per heavy atom. The van der Waals surface area contributed by atoms with Crippen LogP contribution in [0.3, 0.4) is 0 Å². The molecule has 2 saturated heterocycles. The van der Waals surface area contributed by atoms with Gasteiger partial charge in [0.05, 0.1) is 6.61 Å². The average molecular weight is 311 g/mol. The Kier molecular flexibility index (Phi) is 7.63. The van der Waals surface area contributed by atoms with Crippen LogP contribution in [0.25, 0.3) is 0 Å². The molecule has 0 aromatic rings. The molecule has 1 N–H and O–H groups in total. The number of ether oxygens (including phenoxy) is 1. The van der Waals surface area contributed by atoms with Crippen molar-refractivity contribution in [3.8, 4) is 0 Å². The number of hydrogen-bond acceptors (Lipinski definition) is 4. The van der Waals surface area contributed by atoms with Gasteiger partial charge in [0.25, 0.3) is 0 Å². The van der Waals surface area contributed by atoms with Gasteiger partial charge in [-0.1, -0.05) is 6.92 Å². The molecule has 2 aliphatic heterocycles. The van der Waals surface area contributed by atoms with Crippen LogP contribution < -0.4 is 5.32 Å². The van der Waals surface area contributed by atoms with Gasteiger partial charge in [-0.2, -0.15) is 0 Å². The van der Waals surface area contributed by atoms with Crippen LogP contribution in [0.15, 0.2) is 0 Å². The Morgan fingerprint density at radius 2 is 1.91 bits per heavy atom. The van der Waals surface area contributed by atoms with E-state index in [9.17, 15) is 4.79 Å². The number of nitrogens with zero attached hydrogens (tertiary/aromatic N) is 2. The van der Waals surface area contributed by atoms with E-state index in [1.165, 1.54) is 12.8 Å². The van der Waals surface area contributed by atoms with Crippen LogP contribution in [0.2, 0.25) is 0 Å². The second kappa shape index (κ2) is 9.48. The first-order chi connectivity index (χ1) is 10.7. The van der Waals surface area contributed by atoms with Crippen LogP contribution in [0.4, 0.5) is 0 Å². The van der Waals surface area contributed by atoms with E-state index in [1.807, 2.05) is 6.92 Å². The van der Waals surface area contributed by atoms with Gasteiger partial charge >= 0.3 is 0 Å². The van der Waals surface area contributed by atoms with Crippen molar-refractivity contribution in [3.05, 3.63) is 0 Å². The summed E-state index contributed by atoms with van der Waals surface area (Å²) >= 11 is 0. The zero-order valence-electron chi connectivity index (χ0n) is 14.4. The molecular formula is C17H33N3O2. The van der Waals surface area contributed by atoms with E-state index < -0.39 is 0 Å². The minimum Gasteiger partial charge on any atom is -0.380 e. The summed E-state index contributed by atoms with van der Waals surface area (Å²) in [6, 6.07) is 0. The molecule has 2 rings (SSSR count). The number of piperidine rings is 1. The Labute approximate surface area is 135 Å². The summed E-state index contributed by atoms with van der Waals surface area (Å²) in [6.07, 6.45) is 3.17. The molecule has 0 aromatic heterocycles. The maximum Gasteiger partial charge on any atom is 0.222 e. The van der Waals surface area contributed by atoms with E-state index in [2.05, 4.69) is 22.0 Å². The highest BCUT2D eigenvalue weighted by Crippen LogP contribution is 2.25. The summed E-state index contributed by atoms with van der Waals surface area (Å²) < 4.78 is 5.40. The molecule has 5 nitrogen and oxygen atoms in total.